The number of hydrogen-bond acceptors (Lipinski definition) is 6. The van der Waals surface area contributed by atoms with Crippen molar-refractivity contribution >= 4 is 28.1 Å². The van der Waals surface area contributed by atoms with Crippen LogP contribution in [0.2, 0.25) is 0 Å². The third kappa shape index (κ3) is 3.41. The van der Waals surface area contributed by atoms with Crippen molar-refractivity contribution in [3.8, 4) is 10.7 Å². The molecule has 2 aliphatic rings. The molecule has 146 valence electrons. The predicted octanol–water partition coefficient (Wildman–Crippen LogP) is 3.57. The second kappa shape index (κ2) is 7.78. The summed E-state index contributed by atoms with van der Waals surface area (Å²) in [6, 6.07) is 13.2. The fraction of sp³-hybridized carbons (Fsp3) is 0.455. The summed E-state index contributed by atoms with van der Waals surface area (Å²) in [5, 5.41) is 3.26. The number of para-hydroxylation sites is 1. The molecule has 1 aromatic carbocycles. The molecule has 1 unspecified atom stereocenters. The number of rotatable bonds is 4. The Morgan fingerprint density at radius 3 is 2.64 bits per heavy atom. The molecular formula is C22H27N5S. The molecule has 2 saturated heterocycles. The lowest BCUT2D eigenvalue weighted by molar-refractivity contribution is 0.107. The van der Waals surface area contributed by atoms with Crippen LogP contribution in [0.1, 0.15) is 13.3 Å². The molecule has 6 heteroatoms. The van der Waals surface area contributed by atoms with E-state index in [1.54, 1.807) is 11.3 Å². The van der Waals surface area contributed by atoms with E-state index in [-0.39, 0.29) is 0 Å². The fourth-order valence-corrected chi connectivity index (χ4v) is 5.15. The van der Waals surface area contributed by atoms with Crippen LogP contribution in [0.15, 0.2) is 41.8 Å². The van der Waals surface area contributed by atoms with Crippen molar-refractivity contribution in [1.29, 1.82) is 0 Å². The summed E-state index contributed by atoms with van der Waals surface area (Å²) < 4.78 is 0. The SMILES string of the molecule is CCN1CCN(C2CCN(c3nc(-c4cccs4)nc4ccccc34)C2)CC1. The summed E-state index contributed by atoms with van der Waals surface area (Å²) in [5.74, 6) is 1.95. The van der Waals surface area contributed by atoms with Crippen LogP contribution in [0.25, 0.3) is 21.6 Å². The number of aromatic nitrogens is 2. The van der Waals surface area contributed by atoms with Crippen LogP contribution in [-0.2, 0) is 0 Å². The molecule has 2 fully saturated rings. The Bertz CT molecular complexity index is 933. The van der Waals surface area contributed by atoms with Gasteiger partial charge in [-0.1, -0.05) is 25.1 Å². The molecule has 0 aliphatic carbocycles. The van der Waals surface area contributed by atoms with Crippen molar-refractivity contribution in [1.82, 2.24) is 19.8 Å². The number of nitrogens with zero attached hydrogens (tertiary/aromatic N) is 5. The van der Waals surface area contributed by atoms with E-state index in [1.807, 2.05) is 0 Å². The number of anilines is 1. The van der Waals surface area contributed by atoms with Gasteiger partial charge in [0.2, 0.25) is 0 Å². The Labute approximate surface area is 170 Å². The summed E-state index contributed by atoms with van der Waals surface area (Å²) in [5.41, 5.74) is 1.04. The number of thiophene rings is 1. The first-order valence-corrected chi connectivity index (χ1v) is 11.2. The minimum Gasteiger partial charge on any atom is -0.354 e. The van der Waals surface area contributed by atoms with Gasteiger partial charge >= 0.3 is 0 Å². The van der Waals surface area contributed by atoms with Crippen molar-refractivity contribution in [3.63, 3.8) is 0 Å². The quantitative estimate of drug-likeness (QED) is 0.677. The van der Waals surface area contributed by atoms with Crippen LogP contribution in [0.5, 0.6) is 0 Å². The summed E-state index contributed by atoms with van der Waals surface area (Å²) in [7, 11) is 0. The van der Waals surface area contributed by atoms with Crippen LogP contribution >= 0.6 is 11.3 Å². The van der Waals surface area contributed by atoms with Gasteiger partial charge in [0, 0.05) is 50.7 Å². The van der Waals surface area contributed by atoms with Crippen LogP contribution < -0.4 is 4.90 Å². The van der Waals surface area contributed by atoms with E-state index < -0.39 is 0 Å². The molecule has 1 atom stereocenters. The second-order valence-corrected chi connectivity index (χ2v) is 8.67. The van der Waals surface area contributed by atoms with Gasteiger partial charge in [-0.05, 0) is 36.5 Å². The molecule has 0 spiro atoms. The summed E-state index contributed by atoms with van der Waals surface area (Å²) in [6.07, 6.45) is 1.22. The largest absolute Gasteiger partial charge is 0.354 e. The molecule has 5 rings (SSSR count). The molecule has 28 heavy (non-hydrogen) atoms. The highest BCUT2D eigenvalue weighted by Crippen LogP contribution is 2.32. The number of likely N-dealkylation sites (N-methyl/N-ethyl adjacent to an activating group) is 1. The van der Waals surface area contributed by atoms with Gasteiger partial charge in [-0.15, -0.1) is 11.3 Å². The van der Waals surface area contributed by atoms with Crippen molar-refractivity contribution in [2.75, 3.05) is 50.7 Å². The van der Waals surface area contributed by atoms with Crippen molar-refractivity contribution < 1.29 is 0 Å². The Balaban J connectivity index is 1.42. The number of hydrogen-bond donors (Lipinski definition) is 0. The zero-order chi connectivity index (χ0) is 18.9. The second-order valence-electron chi connectivity index (χ2n) is 7.72. The van der Waals surface area contributed by atoms with E-state index in [9.17, 15) is 0 Å². The van der Waals surface area contributed by atoms with Gasteiger partial charge in [-0.25, -0.2) is 9.97 Å². The maximum absolute atomic E-state index is 5.03. The van der Waals surface area contributed by atoms with Crippen LogP contribution in [0.4, 0.5) is 5.82 Å². The average molecular weight is 394 g/mol. The average Bonchev–Trinajstić information content (AvgIpc) is 3.45. The van der Waals surface area contributed by atoms with E-state index in [2.05, 4.69) is 63.4 Å². The zero-order valence-corrected chi connectivity index (χ0v) is 17.2. The van der Waals surface area contributed by atoms with Gasteiger partial charge in [0.15, 0.2) is 5.82 Å². The van der Waals surface area contributed by atoms with E-state index in [0.29, 0.717) is 6.04 Å². The van der Waals surface area contributed by atoms with Crippen molar-refractivity contribution in [3.05, 3.63) is 41.8 Å². The third-order valence-electron chi connectivity index (χ3n) is 6.16. The Kier molecular flexibility index (Phi) is 5.01. The molecule has 0 radical (unpaired) electrons. The predicted molar refractivity (Wildman–Crippen MR) is 117 cm³/mol. The fourth-order valence-electron chi connectivity index (χ4n) is 4.49. The van der Waals surface area contributed by atoms with Crippen molar-refractivity contribution in [2.45, 2.75) is 19.4 Å². The van der Waals surface area contributed by atoms with Crippen LogP contribution in [0.3, 0.4) is 0 Å². The molecule has 0 N–H and O–H groups in total. The minimum atomic E-state index is 0.637. The first-order valence-electron chi connectivity index (χ1n) is 10.3. The Hall–Kier alpha value is -2.02. The molecule has 4 heterocycles. The molecule has 5 nitrogen and oxygen atoms in total. The van der Waals surface area contributed by atoms with Crippen LogP contribution in [0, 0.1) is 0 Å². The molecule has 2 aliphatic heterocycles. The highest BCUT2D eigenvalue weighted by Gasteiger charge is 2.31. The van der Waals surface area contributed by atoms with Gasteiger partial charge in [0.25, 0.3) is 0 Å². The normalized spacial score (nSPS) is 21.6. The van der Waals surface area contributed by atoms with E-state index in [0.717, 1.165) is 35.1 Å². The zero-order valence-electron chi connectivity index (χ0n) is 16.4. The standard InChI is InChI=1S/C22H27N5S/c1-2-25-11-13-26(14-12-25)17-9-10-27(16-17)22-18-6-3-4-7-19(18)23-21(24-22)20-8-5-15-28-20/h3-8,15,17H,2,9-14,16H2,1H3. The van der Waals surface area contributed by atoms with Crippen molar-refractivity contribution in [2.24, 2.45) is 0 Å². The monoisotopic (exact) mass is 393 g/mol. The number of benzene rings is 1. The lowest BCUT2D eigenvalue weighted by Crippen LogP contribution is -2.50. The molecular weight excluding hydrogens is 366 g/mol. The molecule has 0 bridgehead atoms. The lowest BCUT2D eigenvalue weighted by atomic mass is 10.2. The van der Waals surface area contributed by atoms with Crippen LogP contribution in [-0.4, -0.2) is 71.6 Å². The maximum atomic E-state index is 5.03. The summed E-state index contributed by atoms with van der Waals surface area (Å²) in [6.45, 7) is 10.4. The topological polar surface area (TPSA) is 35.5 Å². The lowest BCUT2D eigenvalue weighted by Gasteiger charge is -2.37. The Morgan fingerprint density at radius 1 is 1.00 bits per heavy atom. The maximum Gasteiger partial charge on any atom is 0.172 e. The number of piperazine rings is 1. The van der Waals surface area contributed by atoms with E-state index >= 15 is 0 Å². The van der Waals surface area contributed by atoms with Gasteiger partial charge < -0.3 is 9.80 Å². The van der Waals surface area contributed by atoms with E-state index in [4.69, 9.17) is 9.97 Å². The van der Waals surface area contributed by atoms with E-state index in [1.165, 1.54) is 44.5 Å². The third-order valence-corrected chi connectivity index (χ3v) is 7.02. The van der Waals surface area contributed by atoms with Gasteiger partial charge in [-0.2, -0.15) is 0 Å². The first-order chi connectivity index (χ1) is 13.8. The van der Waals surface area contributed by atoms with Gasteiger partial charge in [0.1, 0.15) is 5.82 Å². The highest BCUT2D eigenvalue weighted by atomic mass is 32.1. The molecule has 2 aromatic heterocycles. The smallest absolute Gasteiger partial charge is 0.172 e. The minimum absolute atomic E-state index is 0.637. The molecule has 0 amide bonds. The number of fused-ring (bicyclic) bond motifs is 1. The first kappa shape index (κ1) is 18.0. The highest BCUT2D eigenvalue weighted by molar-refractivity contribution is 7.13. The van der Waals surface area contributed by atoms with Gasteiger partial charge in [-0.3, -0.25) is 4.90 Å². The Morgan fingerprint density at radius 2 is 1.86 bits per heavy atom. The summed E-state index contributed by atoms with van der Waals surface area (Å²) in [4.78, 5) is 18.7. The summed E-state index contributed by atoms with van der Waals surface area (Å²) >= 11 is 1.70. The van der Waals surface area contributed by atoms with Gasteiger partial charge in [0.05, 0.1) is 10.4 Å². The molecule has 0 saturated carbocycles. The molecule has 3 aromatic rings.